The first-order valence-electron chi connectivity index (χ1n) is 3.64. The van der Waals surface area contributed by atoms with Gasteiger partial charge >= 0.3 is 0 Å². The minimum atomic E-state index is 0.718. The molecule has 0 aliphatic rings. The monoisotopic (exact) mass is 208 g/mol. The van der Waals surface area contributed by atoms with Crippen LogP contribution in [0.1, 0.15) is 20.3 Å². The molecule has 0 aliphatic carbocycles. The molecular weight excluding hydrogens is 194 g/mol. The second-order valence-corrected chi connectivity index (χ2v) is 4.84. The van der Waals surface area contributed by atoms with Crippen molar-refractivity contribution in [3.8, 4) is 0 Å². The quantitative estimate of drug-likeness (QED) is 0.504. The van der Waals surface area contributed by atoms with Gasteiger partial charge in [-0.15, -0.1) is 0 Å². The van der Waals surface area contributed by atoms with Crippen LogP contribution in [0.25, 0.3) is 0 Å². The van der Waals surface area contributed by atoms with Gasteiger partial charge in [0.2, 0.25) is 0 Å². The Bertz CT molecular complexity index is 110. The number of thiocarbonyl (C=S) groups is 1. The molecule has 0 aromatic heterocycles. The molecule has 0 fully saturated rings. The van der Waals surface area contributed by atoms with Crippen molar-refractivity contribution in [3.63, 3.8) is 0 Å². The highest BCUT2D eigenvalue weighted by atomic mass is 32.2. The first-order valence-corrected chi connectivity index (χ1v) is 5.93. The van der Waals surface area contributed by atoms with Crippen molar-refractivity contribution < 1.29 is 0 Å². The lowest BCUT2D eigenvalue weighted by atomic mass is 10.5. The Balaban J connectivity index is 3.76. The molecule has 0 aromatic rings. The second-order valence-electron chi connectivity index (χ2n) is 1.74. The number of rotatable bonds is 5. The fourth-order valence-electron chi connectivity index (χ4n) is 0.507. The average Bonchev–Trinajstić information content (AvgIpc) is 2.03. The zero-order chi connectivity index (χ0) is 8.69. The molecule has 1 nitrogen and oxygen atoms in total. The van der Waals surface area contributed by atoms with Crippen molar-refractivity contribution in [3.05, 3.63) is 6.92 Å². The lowest BCUT2D eigenvalue weighted by Crippen LogP contribution is -2.14. The van der Waals surface area contributed by atoms with E-state index in [4.69, 9.17) is 12.2 Å². The molecule has 0 spiro atoms. The molecule has 0 aliphatic heterocycles. The lowest BCUT2D eigenvalue weighted by molar-refractivity contribution is 1.11. The summed E-state index contributed by atoms with van der Waals surface area (Å²) in [6.45, 7) is 8.01. The summed E-state index contributed by atoms with van der Waals surface area (Å²) >= 11 is 8.63. The standard InChI is InChI=1S/C7H14NS3/c1-4-7(9)8(10-5-2)11-6-3/h1,4-6H2,2-3H3. The summed E-state index contributed by atoms with van der Waals surface area (Å²) < 4.78 is 2.09. The Morgan fingerprint density at radius 2 is 1.82 bits per heavy atom. The van der Waals surface area contributed by atoms with E-state index in [-0.39, 0.29) is 0 Å². The third kappa shape index (κ3) is 4.93. The van der Waals surface area contributed by atoms with Gasteiger partial charge in [-0.25, -0.2) is 0 Å². The highest BCUT2D eigenvalue weighted by molar-refractivity contribution is 8.13. The Morgan fingerprint density at radius 3 is 2.09 bits per heavy atom. The maximum Gasteiger partial charge on any atom is 0.0994 e. The summed E-state index contributed by atoms with van der Waals surface area (Å²) in [5.41, 5.74) is 0. The highest BCUT2D eigenvalue weighted by Crippen LogP contribution is 2.22. The van der Waals surface area contributed by atoms with Crippen LogP contribution in [0.2, 0.25) is 0 Å². The summed E-state index contributed by atoms with van der Waals surface area (Å²) in [7, 11) is 0. The van der Waals surface area contributed by atoms with Crippen LogP contribution >= 0.6 is 36.1 Å². The minimum absolute atomic E-state index is 0.718. The molecule has 0 aromatic carbocycles. The molecule has 0 unspecified atom stereocenters. The minimum Gasteiger partial charge on any atom is -0.252 e. The molecule has 4 heteroatoms. The Kier molecular flexibility index (Phi) is 7.64. The van der Waals surface area contributed by atoms with Crippen molar-refractivity contribution in [2.75, 3.05) is 11.5 Å². The Labute approximate surface area is 83.6 Å². The van der Waals surface area contributed by atoms with Crippen LogP contribution in [-0.2, 0) is 0 Å². The van der Waals surface area contributed by atoms with E-state index in [1.807, 2.05) is 0 Å². The van der Waals surface area contributed by atoms with Gasteiger partial charge in [0.15, 0.2) is 0 Å². The maximum absolute atomic E-state index is 5.13. The van der Waals surface area contributed by atoms with Crippen molar-refractivity contribution >= 4 is 41.1 Å². The van der Waals surface area contributed by atoms with Crippen LogP contribution in [0.4, 0.5) is 0 Å². The van der Waals surface area contributed by atoms with E-state index in [0.717, 1.165) is 22.9 Å². The van der Waals surface area contributed by atoms with E-state index in [1.165, 1.54) is 0 Å². The van der Waals surface area contributed by atoms with E-state index in [0.29, 0.717) is 0 Å². The van der Waals surface area contributed by atoms with Crippen LogP contribution in [0.15, 0.2) is 0 Å². The summed E-state index contributed by atoms with van der Waals surface area (Å²) in [6, 6.07) is 0. The third-order valence-corrected chi connectivity index (χ3v) is 3.59. The largest absolute Gasteiger partial charge is 0.252 e. The molecular formula is C7H14NS3. The summed E-state index contributed by atoms with van der Waals surface area (Å²) in [5.74, 6) is 2.13. The smallest absolute Gasteiger partial charge is 0.0994 e. The van der Waals surface area contributed by atoms with Crippen molar-refractivity contribution in [2.45, 2.75) is 20.3 Å². The van der Waals surface area contributed by atoms with Gasteiger partial charge in [0.1, 0.15) is 0 Å². The molecule has 0 amide bonds. The van der Waals surface area contributed by atoms with Gasteiger partial charge in [0.05, 0.1) is 4.99 Å². The van der Waals surface area contributed by atoms with Gasteiger partial charge in [0.25, 0.3) is 0 Å². The zero-order valence-corrected chi connectivity index (χ0v) is 9.45. The summed E-state index contributed by atoms with van der Waals surface area (Å²) in [4.78, 5) is 0.934. The van der Waals surface area contributed by atoms with Crippen molar-refractivity contribution in [1.82, 2.24) is 3.71 Å². The van der Waals surface area contributed by atoms with Gasteiger partial charge in [-0.3, -0.25) is 3.71 Å². The van der Waals surface area contributed by atoms with E-state index < -0.39 is 0 Å². The first-order chi connectivity index (χ1) is 5.26. The van der Waals surface area contributed by atoms with E-state index >= 15 is 0 Å². The lowest BCUT2D eigenvalue weighted by Gasteiger charge is -2.19. The predicted octanol–water partition coefficient (Wildman–Crippen LogP) is 3.18. The van der Waals surface area contributed by atoms with Gasteiger partial charge in [0, 0.05) is 11.5 Å². The number of hydrogen-bond donors (Lipinski definition) is 0. The zero-order valence-electron chi connectivity index (χ0n) is 7.00. The highest BCUT2D eigenvalue weighted by Gasteiger charge is 2.06. The van der Waals surface area contributed by atoms with Crippen molar-refractivity contribution in [2.24, 2.45) is 0 Å². The van der Waals surface area contributed by atoms with Gasteiger partial charge in [-0.05, 0) is 37.2 Å². The van der Waals surface area contributed by atoms with Crippen molar-refractivity contribution in [1.29, 1.82) is 0 Å². The van der Waals surface area contributed by atoms with Crippen LogP contribution in [0, 0.1) is 6.92 Å². The molecule has 65 valence electrons. The van der Waals surface area contributed by atoms with Crippen LogP contribution < -0.4 is 0 Å². The molecule has 0 bridgehead atoms. The van der Waals surface area contributed by atoms with Crippen LogP contribution in [0.3, 0.4) is 0 Å². The molecule has 0 atom stereocenters. The predicted molar refractivity (Wildman–Crippen MR) is 60.7 cm³/mol. The number of hydrogen-bond acceptors (Lipinski definition) is 3. The first kappa shape index (κ1) is 11.6. The van der Waals surface area contributed by atoms with E-state index in [2.05, 4.69) is 24.5 Å². The fraction of sp³-hybridized carbons (Fsp3) is 0.714. The molecule has 0 saturated heterocycles. The maximum atomic E-state index is 5.13. The summed E-state index contributed by atoms with van der Waals surface area (Å²) in [5, 5.41) is 0. The molecule has 11 heavy (non-hydrogen) atoms. The van der Waals surface area contributed by atoms with Gasteiger partial charge in [-0.1, -0.05) is 26.1 Å². The molecule has 0 heterocycles. The van der Waals surface area contributed by atoms with Crippen LogP contribution in [0.5, 0.6) is 0 Å². The Morgan fingerprint density at radius 1 is 1.36 bits per heavy atom. The molecule has 0 rings (SSSR count). The topological polar surface area (TPSA) is 3.24 Å². The SMILES string of the molecule is [CH2]CC(=S)N(SCC)SCC. The average molecular weight is 208 g/mol. The molecule has 0 N–H and O–H groups in total. The van der Waals surface area contributed by atoms with Gasteiger partial charge < -0.3 is 0 Å². The third-order valence-electron chi connectivity index (χ3n) is 0.910. The second kappa shape index (κ2) is 7.25. The molecule has 1 radical (unpaired) electrons. The van der Waals surface area contributed by atoms with E-state index in [9.17, 15) is 0 Å². The van der Waals surface area contributed by atoms with Gasteiger partial charge in [-0.2, -0.15) is 0 Å². The Hall–Kier alpha value is 0.590. The van der Waals surface area contributed by atoms with Crippen LogP contribution in [-0.4, -0.2) is 20.2 Å². The summed E-state index contributed by atoms with van der Waals surface area (Å²) in [6.07, 6.45) is 0.718. The number of nitrogens with zero attached hydrogens (tertiary/aromatic N) is 1. The normalized spacial score (nSPS) is 9.73. The fourth-order valence-corrected chi connectivity index (χ4v) is 2.69. The molecule has 0 saturated carbocycles. The van der Waals surface area contributed by atoms with E-state index in [1.54, 1.807) is 23.9 Å².